The predicted molar refractivity (Wildman–Crippen MR) is 98.7 cm³/mol. The van der Waals surface area contributed by atoms with E-state index in [0.717, 1.165) is 11.1 Å². The van der Waals surface area contributed by atoms with Crippen LogP contribution in [0, 0.1) is 11.3 Å². The van der Waals surface area contributed by atoms with Gasteiger partial charge in [0.25, 0.3) is 0 Å². The van der Waals surface area contributed by atoms with Gasteiger partial charge >= 0.3 is 0 Å². The van der Waals surface area contributed by atoms with Crippen molar-refractivity contribution in [3.05, 3.63) is 71.3 Å². The number of nitrogens with zero attached hydrogens (tertiary/aromatic N) is 3. The van der Waals surface area contributed by atoms with Crippen molar-refractivity contribution in [2.45, 2.75) is 6.42 Å². The maximum atomic E-state index is 9.50. The van der Waals surface area contributed by atoms with Crippen LogP contribution in [0.3, 0.4) is 0 Å². The van der Waals surface area contributed by atoms with Crippen LogP contribution in [0.25, 0.3) is 11.6 Å². The van der Waals surface area contributed by atoms with Gasteiger partial charge in [-0.3, -0.25) is 5.10 Å². The second kappa shape index (κ2) is 7.99. The Morgan fingerprint density at radius 1 is 1.12 bits per heavy atom. The smallest absolute Gasteiger partial charge is 0.191 e. The molecule has 0 bridgehead atoms. The first-order chi connectivity index (χ1) is 12.7. The molecule has 0 aliphatic rings. The van der Waals surface area contributed by atoms with Crippen LogP contribution in [0.2, 0.25) is 0 Å². The van der Waals surface area contributed by atoms with E-state index >= 15 is 0 Å². The van der Waals surface area contributed by atoms with Gasteiger partial charge in [0.1, 0.15) is 11.9 Å². The number of allylic oxidation sites excluding steroid dienone is 1. The first-order valence-corrected chi connectivity index (χ1v) is 8.03. The average molecular weight is 346 g/mol. The first-order valence-electron chi connectivity index (χ1n) is 8.03. The number of hydrogen-bond acceptors (Lipinski definition) is 5. The fourth-order valence-electron chi connectivity index (χ4n) is 2.54. The highest BCUT2D eigenvalue weighted by atomic mass is 16.5. The highest BCUT2D eigenvalue weighted by Crippen LogP contribution is 2.29. The van der Waals surface area contributed by atoms with Crippen molar-refractivity contribution in [3.8, 4) is 17.6 Å². The minimum absolute atomic E-state index is 0.368. The minimum atomic E-state index is 0.368. The Labute approximate surface area is 151 Å². The summed E-state index contributed by atoms with van der Waals surface area (Å²) >= 11 is 0. The Morgan fingerprint density at radius 3 is 2.58 bits per heavy atom. The lowest BCUT2D eigenvalue weighted by Gasteiger charge is -2.07. The van der Waals surface area contributed by atoms with Crippen LogP contribution in [-0.4, -0.2) is 29.4 Å². The zero-order chi connectivity index (χ0) is 18.4. The number of rotatable bonds is 6. The molecule has 1 heterocycles. The SMILES string of the molecule is COc1ccc(/C=C(\C#N)c2n[nH]c(Cc3ccccc3)n2)cc1OC. The molecule has 3 aromatic rings. The summed E-state index contributed by atoms with van der Waals surface area (Å²) in [4.78, 5) is 4.44. The van der Waals surface area contributed by atoms with E-state index in [0.29, 0.717) is 35.1 Å². The summed E-state index contributed by atoms with van der Waals surface area (Å²) in [6.07, 6.45) is 2.35. The fourth-order valence-corrected chi connectivity index (χ4v) is 2.54. The van der Waals surface area contributed by atoms with Crippen molar-refractivity contribution >= 4 is 11.6 Å². The molecule has 130 valence electrons. The molecule has 0 amide bonds. The summed E-state index contributed by atoms with van der Waals surface area (Å²) in [5, 5.41) is 16.6. The zero-order valence-corrected chi connectivity index (χ0v) is 14.6. The molecule has 0 aliphatic heterocycles. The number of methoxy groups -OCH3 is 2. The maximum absolute atomic E-state index is 9.50. The average Bonchev–Trinajstić information content (AvgIpc) is 3.14. The summed E-state index contributed by atoms with van der Waals surface area (Å²) in [5.41, 5.74) is 2.29. The van der Waals surface area contributed by atoms with Crippen LogP contribution in [0.4, 0.5) is 0 Å². The molecule has 0 saturated carbocycles. The highest BCUT2D eigenvalue weighted by molar-refractivity contribution is 5.87. The topological polar surface area (TPSA) is 83.8 Å². The number of aromatic amines is 1. The van der Waals surface area contributed by atoms with Crippen LogP contribution in [0.15, 0.2) is 48.5 Å². The van der Waals surface area contributed by atoms with Crippen molar-refractivity contribution in [2.75, 3.05) is 14.2 Å². The van der Waals surface area contributed by atoms with Crippen molar-refractivity contribution < 1.29 is 9.47 Å². The summed E-state index contributed by atoms with van der Waals surface area (Å²) < 4.78 is 10.5. The Hall–Kier alpha value is -3.59. The van der Waals surface area contributed by atoms with Crippen molar-refractivity contribution in [3.63, 3.8) is 0 Å². The van der Waals surface area contributed by atoms with E-state index in [4.69, 9.17) is 9.47 Å². The van der Waals surface area contributed by atoms with Gasteiger partial charge in [-0.2, -0.15) is 10.4 Å². The Kier molecular flexibility index (Phi) is 5.30. The molecule has 3 rings (SSSR count). The fraction of sp³-hybridized carbons (Fsp3) is 0.150. The third-order valence-electron chi connectivity index (χ3n) is 3.83. The summed E-state index contributed by atoms with van der Waals surface area (Å²) in [7, 11) is 3.15. The summed E-state index contributed by atoms with van der Waals surface area (Å²) in [6, 6.07) is 17.5. The van der Waals surface area contributed by atoms with E-state index in [1.54, 1.807) is 32.4 Å². The third kappa shape index (κ3) is 3.90. The molecule has 2 aromatic carbocycles. The zero-order valence-electron chi connectivity index (χ0n) is 14.6. The summed E-state index contributed by atoms with van der Waals surface area (Å²) in [5.74, 6) is 2.30. The molecule has 0 saturated heterocycles. The molecule has 0 atom stereocenters. The number of hydrogen-bond donors (Lipinski definition) is 1. The Morgan fingerprint density at radius 2 is 1.88 bits per heavy atom. The lowest BCUT2D eigenvalue weighted by molar-refractivity contribution is 0.355. The van der Waals surface area contributed by atoms with Crippen LogP contribution < -0.4 is 9.47 Å². The lowest BCUT2D eigenvalue weighted by Crippen LogP contribution is -1.92. The highest BCUT2D eigenvalue weighted by Gasteiger charge is 2.10. The maximum Gasteiger partial charge on any atom is 0.191 e. The molecular weight excluding hydrogens is 328 g/mol. The number of nitrogens with one attached hydrogen (secondary N) is 1. The molecule has 1 N–H and O–H groups in total. The van der Waals surface area contributed by atoms with Gasteiger partial charge in [0, 0.05) is 6.42 Å². The van der Waals surface area contributed by atoms with Gasteiger partial charge in [-0.1, -0.05) is 36.4 Å². The summed E-state index contributed by atoms with van der Waals surface area (Å²) in [6.45, 7) is 0. The Balaban J connectivity index is 1.85. The Bertz CT molecular complexity index is 955. The molecule has 0 fully saturated rings. The quantitative estimate of drug-likeness (QED) is 0.691. The molecule has 0 aliphatic carbocycles. The van der Waals surface area contributed by atoms with Gasteiger partial charge in [-0.05, 0) is 29.3 Å². The van der Waals surface area contributed by atoms with Crippen molar-refractivity contribution in [1.82, 2.24) is 15.2 Å². The molecule has 1 aromatic heterocycles. The molecule has 6 heteroatoms. The van der Waals surface area contributed by atoms with Crippen molar-refractivity contribution in [1.29, 1.82) is 5.26 Å². The van der Waals surface area contributed by atoms with Crippen LogP contribution in [-0.2, 0) is 6.42 Å². The molecule has 0 unspecified atom stereocenters. The number of nitriles is 1. The molecule has 0 spiro atoms. The lowest BCUT2D eigenvalue weighted by atomic mass is 10.1. The second-order valence-corrected chi connectivity index (χ2v) is 5.55. The van der Waals surface area contributed by atoms with Gasteiger partial charge < -0.3 is 9.47 Å². The molecule has 0 radical (unpaired) electrons. The number of aromatic nitrogens is 3. The largest absolute Gasteiger partial charge is 0.493 e. The van der Waals surface area contributed by atoms with Gasteiger partial charge in [-0.15, -0.1) is 0 Å². The second-order valence-electron chi connectivity index (χ2n) is 5.55. The standard InChI is InChI=1S/C20H18N4O2/c1-25-17-9-8-15(11-18(17)26-2)10-16(13-21)20-22-19(23-24-20)12-14-6-4-3-5-7-14/h3-11H,12H2,1-2H3,(H,22,23,24)/b16-10+. The molecular formula is C20H18N4O2. The molecule has 6 nitrogen and oxygen atoms in total. The van der Waals surface area contributed by atoms with Gasteiger partial charge in [0.05, 0.1) is 19.8 Å². The van der Waals surface area contributed by atoms with E-state index in [1.165, 1.54) is 0 Å². The van der Waals surface area contributed by atoms with Gasteiger partial charge in [-0.25, -0.2) is 4.98 Å². The molecule has 26 heavy (non-hydrogen) atoms. The van der Waals surface area contributed by atoms with Crippen LogP contribution >= 0.6 is 0 Å². The van der Waals surface area contributed by atoms with Gasteiger partial charge in [0.15, 0.2) is 17.3 Å². The van der Waals surface area contributed by atoms with Crippen LogP contribution in [0.1, 0.15) is 22.8 Å². The number of ether oxygens (including phenoxy) is 2. The minimum Gasteiger partial charge on any atom is -0.493 e. The van der Waals surface area contributed by atoms with E-state index in [-0.39, 0.29) is 0 Å². The monoisotopic (exact) mass is 346 g/mol. The normalized spacial score (nSPS) is 11.0. The third-order valence-corrected chi connectivity index (χ3v) is 3.83. The number of H-pyrrole nitrogens is 1. The van der Waals surface area contributed by atoms with E-state index in [9.17, 15) is 5.26 Å². The first kappa shape index (κ1) is 17.2. The van der Waals surface area contributed by atoms with Crippen molar-refractivity contribution in [2.24, 2.45) is 0 Å². The van der Waals surface area contributed by atoms with Crippen LogP contribution in [0.5, 0.6) is 11.5 Å². The number of benzene rings is 2. The van der Waals surface area contributed by atoms with E-state index < -0.39 is 0 Å². The van der Waals surface area contributed by atoms with E-state index in [1.807, 2.05) is 36.4 Å². The van der Waals surface area contributed by atoms with Gasteiger partial charge in [0.2, 0.25) is 0 Å². The van der Waals surface area contributed by atoms with E-state index in [2.05, 4.69) is 21.3 Å². The predicted octanol–water partition coefficient (Wildman–Crippen LogP) is 3.48.